The molecule has 11 heteroatoms. The standard InChI is InChI=1S/C28H29F2N5O4/c29-24(30)16-34-23-10-9-19(12-22(23)26(37)35(28(34)39)13-17-7-8-17)31-27(38)32-11-3-5-20(15-32)33-14-18-4-1-2-6-21(18)25(33)36/h1-2,4,6,9-10,12,17,20,24H,3,5,7-8,11,13-16H2,(H,31,38). The summed E-state index contributed by atoms with van der Waals surface area (Å²) in [5.41, 5.74) is 0.839. The molecule has 9 nitrogen and oxygen atoms in total. The van der Waals surface area contributed by atoms with E-state index < -0.39 is 24.2 Å². The van der Waals surface area contributed by atoms with Crippen molar-refractivity contribution in [2.45, 2.75) is 57.8 Å². The number of likely N-dealkylation sites (tertiary alicyclic amines) is 1. The largest absolute Gasteiger partial charge is 0.331 e. The first-order valence-corrected chi connectivity index (χ1v) is 13.3. The molecule has 3 aromatic rings. The van der Waals surface area contributed by atoms with Crippen molar-refractivity contribution in [1.29, 1.82) is 0 Å². The molecular formula is C28H29F2N5O4. The van der Waals surface area contributed by atoms with Crippen molar-refractivity contribution in [3.63, 3.8) is 0 Å². The summed E-state index contributed by atoms with van der Waals surface area (Å²) in [5, 5.41) is 2.92. The molecule has 3 heterocycles. The topological polar surface area (TPSA) is 96.6 Å². The summed E-state index contributed by atoms with van der Waals surface area (Å²) in [7, 11) is 0. The fourth-order valence-electron chi connectivity index (χ4n) is 5.70. The van der Waals surface area contributed by atoms with Crippen LogP contribution in [0.15, 0.2) is 52.1 Å². The third kappa shape index (κ3) is 4.81. The minimum absolute atomic E-state index is 0.0234. The second-order valence-corrected chi connectivity index (χ2v) is 10.6. The maximum absolute atomic E-state index is 13.3. The van der Waals surface area contributed by atoms with E-state index in [0.717, 1.165) is 40.4 Å². The molecule has 1 aliphatic carbocycles. The molecule has 2 fully saturated rings. The Balaban J connectivity index is 1.23. The van der Waals surface area contributed by atoms with Crippen molar-refractivity contribution in [3.05, 3.63) is 74.4 Å². The number of halogens is 2. The van der Waals surface area contributed by atoms with Crippen LogP contribution < -0.4 is 16.6 Å². The van der Waals surface area contributed by atoms with Gasteiger partial charge in [-0.1, -0.05) is 18.2 Å². The molecule has 0 bridgehead atoms. The third-order valence-electron chi connectivity index (χ3n) is 7.91. The van der Waals surface area contributed by atoms with Crippen LogP contribution in [0.3, 0.4) is 0 Å². The molecule has 1 unspecified atom stereocenters. The van der Waals surface area contributed by atoms with Crippen LogP contribution in [0.1, 0.15) is 41.6 Å². The quantitative estimate of drug-likeness (QED) is 0.521. The van der Waals surface area contributed by atoms with Crippen molar-refractivity contribution < 1.29 is 18.4 Å². The van der Waals surface area contributed by atoms with E-state index in [1.54, 1.807) is 4.90 Å². The molecule has 2 aliphatic heterocycles. The minimum Gasteiger partial charge on any atom is -0.330 e. The van der Waals surface area contributed by atoms with Gasteiger partial charge in [-0.3, -0.25) is 18.7 Å². The first-order valence-electron chi connectivity index (χ1n) is 13.3. The molecule has 0 spiro atoms. The fraction of sp³-hybridized carbons (Fsp3) is 0.429. The molecule has 6 rings (SSSR count). The Labute approximate surface area is 222 Å². The number of carbonyl (C=O) groups excluding carboxylic acids is 2. The van der Waals surface area contributed by atoms with Gasteiger partial charge in [0.2, 0.25) is 0 Å². The summed E-state index contributed by atoms with van der Waals surface area (Å²) in [6, 6.07) is 11.4. The molecule has 39 heavy (non-hydrogen) atoms. The van der Waals surface area contributed by atoms with E-state index >= 15 is 0 Å². The average Bonchev–Trinajstić information content (AvgIpc) is 3.70. The lowest BCUT2D eigenvalue weighted by Gasteiger charge is -2.37. The Kier molecular flexibility index (Phi) is 6.44. The van der Waals surface area contributed by atoms with Gasteiger partial charge in [0, 0.05) is 37.4 Å². The summed E-state index contributed by atoms with van der Waals surface area (Å²) in [6.45, 7) is 0.795. The van der Waals surface area contributed by atoms with E-state index in [9.17, 15) is 28.0 Å². The molecule has 3 amide bonds. The number of rotatable bonds is 6. The van der Waals surface area contributed by atoms with Crippen LogP contribution in [0.25, 0.3) is 10.9 Å². The lowest BCUT2D eigenvalue weighted by Crippen LogP contribution is -2.51. The highest BCUT2D eigenvalue weighted by atomic mass is 19.3. The van der Waals surface area contributed by atoms with Crippen LogP contribution >= 0.6 is 0 Å². The minimum atomic E-state index is -2.76. The van der Waals surface area contributed by atoms with Crippen LogP contribution in [0, 0.1) is 5.92 Å². The van der Waals surface area contributed by atoms with Gasteiger partial charge in [-0.2, -0.15) is 0 Å². The molecule has 1 aromatic heterocycles. The van der Waals surface area contributed by atoms with Crippen molar-refractivity contribution in [2.24, 2.45) is 5.92 Å². The van der Waals surface area contributed by atoms with Gasteiger partial charge < -0.3 is 15.1 Å². The van der Waals surface area contributed by atoms with Gasteiger partial charge in [-0.05, 0) is 61.4 Å². The second-order valence-electron chi connectivity index (χ2n) is 10.6. The van der Waals surface area contributed by atoms with Crippen molar-refractivity contribution in [1.82, 2.24) is 18.9 Å². The summed E-state index contributed by atoms with van der Waals surface area (Å²) in [5.74, 6) is 0.169. The highest BCUT2D eigenvalue weighted by Gasteiger charge is 2.36. The van der Waals surface area contributed by atoms with E-state index in [0.29, 0.717) is 30.9 Å². The first kappa shape index (κ1) is 25.3. The molecule has 2 aromatic carbocycles. The molecule has 1 N–H and O–H groups in total. The maximum atomic E-state index is 13.3. The predicted octanol–water partition coefficient (Wildman–Crippen LogP) is 3.49. The van der Waals surface area contributed by atoms with Gasteiger partial charge in [-0.15, -0.1) is 0 Å². The molecule has 1 saturated carbocycles. The number of amides is 3. The zero-order valence-corrected chi connectivity index (χ0v) is 21.3. The van der Waals surface area contributed by atoms with Gasteiger partial charge in [0.1, 0.15) is 0 Å². The van der Waals surface area contributed by atoms with E-state index in [4.69, 9.17) is 0 Å². The number of carbonyl (C=O) groups is 2. The van der Waals surface area contributed by atoms with Gasteiger partial charge in [0.15, 0.2) is 0 Å². The second kappa shape index (κ2) is 9.94. The number of benzene rings is 2. The summed E-state index contributed by atoms with van der Waals surface area (Å²) < 4.78 is 28.6. The average molecular weight is 538 g/mol. The zero-order chi connectivity index (χ0) is 27.3. The summed E-state index contributed by atoms with van der Waals surface area (Å²) >= 11 is 0. The molecular weight excluding hydrogens is 508 g/mol. The number of alkyl halides is 2. The number of nitrogens with one attached hydrogen (secondary N) is 1. The Hall–Kier alpha value is -4.02. The normalized spacial score (nSPS) is 19.2. The van der Waals surface area contributed by atoms with E-state index in [1.165, 1.54) is 18.2 Å². The van der Waals surface area contributed by atoms with Crippen LogP contribution in [-0.2, 0) is 19.6 Å². The Bertz CT molecular complexity index is 1580. The highest BCUT2D eigenvalue weighted by molar-refractivity contribution is 5.98. The number of fused-ring (bicyclic) bond motifs is 2. The van der Waals surface area contributed by atoms with Crippen molar-refractivity contribution >= 4 is 28.5 Å². The van der Waals surface area contributed by atoms with Gasteiger partial charge in [0.05, 0.1) is 23.5 Å². The number of hydrogen-bond donors (Lipinski definition) is 1. The molecule has 204 valence electrons. The molecule has 3 aliphatic rings. The Morgan fingerprint density at radius 1 is 1.03 bits per heavy atom. The van der Waals surface area contributed by atoms with Gasteiger partial charge in [-0.25, -0.2) is 18.4 Å². The number of piperidine rings is 1. The monoisotopic (exact) mass is 537 g/mol. The fourth-order valence-corrected chi connectivity index (χ4v) is 5.70. The number of urea groups is 1. The van der Waals surface area contributed by atoms with E-state index in [1.807, 2.05) is 29.2 Å². The summed E-state index contributed by atoms with van der Waals surface area (Å²) in [6.07, 6.45) is 0.546. The lowest BCUT2D eigenvalue weighted by molar-refractivity contribution is 0.0608. The van der Waals surface area contributed by atoms with Crippen LogP contribution in [0.5, 0.6) is 0 Å². The number of hydrogen-bond acceptors (Lipinski definition) is 4. The molecule has 0 radical (unpaired) electrons. The summed E-state index contributed by atoms with van der Waals surface area (Å²) in [4.78, 5) is 55.7. The highest BCUT2D eigenvalue weighted by Crippen LogP contribution is 2.30. The smallest absolute Gasteiger partial charge is 0.330 e. The Morgan fingerprint density at radius 2 is 1.82 bits per heavy atom. The first-order chi connectivity index (χ1) is 18.8. The van der Waals surface area contributed by atoms with Gasteiger partial charge >= 0.3 is 11.7 Å². The number of nitrogens with zero attached hydrogens (tertiary/aromatic N) is 4. The SMILES string of the molecule is O=C(Nc1ccc2c(c1)c(=O)n(CC1CC1)c(=O)n2CC(F)F)N1CCCC(N2Cc3ccccc3C2=O)C1. The Morgan fingerprint density at radius 3 is 2.56 bits per heavy atom. The predicted molar refractivity (Wildman–Crippen MR) is 141 cm³/mol. The zero-order valence-electron chi connectivity index (χ0n) is 21.3. The van der Waals surface area contributed by atoms with Crippen LogP contribution in [0.2, 0.25) is 0 Å². The van der Waals surface area contributed by atoms with Crippen molar-refractivity contribution in [3.8, 4) is 0 Å². The van der Waals surface area contributed by atoms with Crippen LogP contribution in [0.4, 0.5) is 19.3 Å². The van der Waals surface area contributed by atoms with E-state index in [-0.39, 0.29) is 41.3 Å². The van der Waals surface area contributed by atoms with Gasteiger partial charge in [0.25, 0.3) is 17.9 Å². The number of anilines is 1. The third-order valence-corrected chi connectivity index (χ3v) is 7.91. The van der Waals surface area contributed by atoms with Crippen molar-refractivity contribution in [2.75, 3.05) is 18.4 Å². The maximum Gasteiger partial charge on any atom is 0.331 e. The van der Waals surface area contributed by atoms with E-state index in [2.05, 4.69) is 5.32 Å². The molecule has 1 saturated heterocycles. The van der Waals surface area contributed by atoms with Crippen LogP contribution in [-0.4, -0.2) is 56.4 Å². The lowest BCUT2D eigenvalue weighted by atomic mass is 10.0. The molecule has 1 atom stereocenters. The number of aromatic nitrogens is 2.